The van der Waals surface area contributed by atoms with Gasteiger partial charge in [0.25, 0.3) is 0 Å². The van der Waals surface area contributed by atoms with Crippen molar-refractivity contribution >= 4 is 34.2 Å². The standard InChI is InChI=1S/C9H11ClINO/c10-8-5-6(11)1-2-7(8)9(12)3-4-13/h1-2,5,9,13H,3-4,12H2/t9-/m0/s1. The van der Waals surface area contributed by atoms with Crippen molar-refractivity contribution in [2.75, 3.05) is 6.61 Å². The molecule has 0 fully saturated rings. The van der Waals surface area contributed by atoms with Gasteiger partial charge in [0, 0.05) is 21.2 Å². The quantitative estimate of drug-likeness (QED) is 0.842. The van der Waals surface area contributed by atoms with Crippen molar-refractivity contribution in [2.24, 2.45) is 5.73 Å². The molecule has 0 amide bonds. The van der Waals surface area contributed by atoms with Gasteiger partial charge in [-0.3, -0.25) is 0 Å². The third kappa shape index (κ3) is 3.09. The molecule has 0 radical (unpaired) electrons. The van der Waals surface area contributed by atoms with Gasteiger partial charge in [-0.1, -0.05) is 17.7 Å². The number of aliphatic hydroxyl groups is 1. The Balaban J connectivity index is 2.88. The van der Waals surface area contributed by atoms with Crippen LogP contribution in [-0.2, 0) is 0 Å². The zero-order valence-corrected chi connectivity index (χ0v) is 9.92. The van der Waals surface area contributed by atoms with Crippen molar-refractivity contribution in [3.05, 3.63) is 32.4 Å². The van der Waals surface area contributed by atoms with Gasteiger partial charge in [-0.2, -0.15) is 0 Å². The summed E-state index contributed by atoms with van der Waals surface area (Å²) in [7, 11) is 0. The van der Waals surface area contributed by atoms with Crippen LogP contribution in [0.3, 0.4) is 0 Å². The Morgan fingerprint density at radius 3 is 2.77 bits per heavy atom. The number of nitrogens with two attached hydrogens (primary N) is 1. The number of aliphatic hydroxyl groups excluding tert-OH is 1. The summed E-state index contributed by atoms with van der Waals surface area (Å²) in [6.45, 7) is 0.0868. The van der Waals surface area contributed by atoms with E-state index in [4.69, 9.17) is 22.4 Å². The average Bonchev–Trinajstić information content (AvgIpc) is 2.04. The fourth-order valence-electron chi connectivity index (χ4n) is 1.10. The largest absolute Gasteiger partial charge is 0.396 e. The lowest BCUT2D eigenvalue weighted by Gasteiger charge is -2.12. The number of rotatable bonds is 3. The van der Waals surface area contributed by atoms with Crippen LogP contribution in [0, 0.1) is 3.57 Å². The highest BCUT2D eigenvalue weighted by Crippen LogP contribution is 2.25. The lowest BCUT2D eigenvalue weighted by atomic mass is 10.1. The van der Waals surface area contributed by atoms with Crippen molar-refractivity contribution in [2.45, 2.75) is 12.5 Å². The molecule has 0 aromatic heterocycles. The summed E-state index contributed by atoms with van der Waals surface area (Å²) in [5, 5.41) is 9.39. The first-order valence-corrected chi connectivity index (χ1v) is 5.42. The van der Waals surface area contributed by atoms with E-state index in [0.29, 0.717) is 11.4 Å². The van der Waals surface area contributed by atoms with E-state index < -0.39 is 0 Å². The molecule has 72 valence electrons. The van der Waals surface area contributed by atoms with Gasteiger partial charge in [0.2, 0.25) is 0 Å². The molecular weight excluding hydrogens is 300 g/mol. The minimum Gasteiger partial charge on any atom is -0.396 e. The zero-order chi connectivity index (χ0) is 9.84. The first kappa shape index (κ1) is 11.2. The third-order valence-electron chi connectivity index (χ3n) is 1.80. The summed E-state index contributed by atoms with van der Waals surface area (Å²) in [6.07, 6.45) is 0.542. The molecule has 0 heterocycles. The molecule has 0 unspecified atom stereocenters. The Labute approximate surface area is 96.2 Å². The molecule has 0 aliphatic rings. The monoisotopic (exact) mass is 311 g/mol. The van der Waals surface area contributed by atoms with Gasteiger partial charge in [0.1, 0.15) is 0 Å². The summed E-state index contributed by atoms with van der Waals surface area (Å²) in [6, 6.07) is 5.56. The fraction of sp³-hybridized carbons (Fsp3) is 0.333. The van der Waals surface area contributed by atoms with Gasteiger partial charge in [0.05, 0.1) is 0 Å². The molecule has 0 spiro atoms. The Morgan fingerprint density at radius 2 is 2.23 bits per heavy atom. The smallest absolute Gasteiger partial charge is 0.0464 e. The van der Waals surface area contributed by atoms with E-state index in [2.05, 4.69) is 22.6 Å². The maximum atomic E-state index is 8.72. The third-order valence-corrected chi connectivity index (χ3v) is 2.80. The first-order valence-electron chi connectivity index (χ1n) is 3.96. The second kappa shape index (κ2) is 5.14. The molecule has 1 rings (SSSR count). The second-order valence-electron chi connectivity index (χ2n) is 2.78. The molecular formula is C9H11ClINO. The minimum atomic E-state index is -0.172. The molecule has 0 bridgehead atoms. The van der Waals surface area contributed by atoms with Crippen LogP contribution in [0.15, 0.2) is 18.2 Å². The molecule has 2 nitrogen and oxygen atoms in total. The average molecular weight is 312 g/mol. The molecule has 1 atom stereocenters. The Kier molecular flexibility index (Phi) is 4.45. The van der Waals surface area contributed by atoms with Gasteiger partial charge in [-0.05, 0) is 46.7 Å². The van der Waals surface area contributed by atoms with Gasteiger partial charge in [-0.25, -0.2) is 0 Å². The maximum absolute atomic E-state index is 8.72. The molecule has 1 aromatic rings. The predicted octanol–water partition coefficient (Wildman–Crippen LogP) is 2.33. The predicted molar refractivity (Wildman–Crippen MR) is 62.8 cm³/mol. The molecule has 4 heteroatoms. The van der Waals surface area contributed by atoms with E-state index >= 15 is 0 Å². The van der Waals surface area contributed by atoms with Crippen LogP contribution < -0.4 is 5.73 Å². The second-order valence-corrected chi connectivity index (χ2v) is 4.44. The van der Waals surface area contributed by atoms with Crippen LogP contribution in [0.4, 0.5) is 0 Å². The van der Waals surface area contributed by atoms with Crippen LogP contribution in [0.25, 0.3) is 0 Å². The van der Waals surface area contributed by atoms with Gasteiger partial charge in [-0.15, -0.1) is 0 Å². The normalized spacial score (nSPS) is 12.9. The fourth-order valence-corrected chi connectivity index (χ4v) is 2.09. The highest BCUT2D eigenvalue weighted by Gasteiger charge is 2.09. The van der Waals surface area contributed by atoms with Crippen LogP contribution >= 0.6 is 34.2 Å². The SMILES string of the molecule is N[C@@H](CCO)c1ccc(I)cc1Cl. The van der Waals surface area contributed by atoms with Crippen LogP contribution in [0.2, 0.25) is 5.02 Å². The van der Waals surface area contributed by atoms with Crippen LogP contribution in [-0.4, -0.2) is 11.7 Å². The Bertz CT molecular complexity index is 293. The van der Waals surface area contributed by atoms with Crippen molar-refractivity contribution in [1.29, 1.82) is 0 Å². The Hall–Kier alpha value is 0.160. The lowest BCUT2D eigenvalue weighted by molar-refractivity contribution is 0.276. The van der Waals surface area contributed by atoms with E-state index in [1.54, 1.807) is 0 Å². The topological polar surface area (TPSA) is 46.2 Å². The molecule has 3 N–H and O–H groups in total. The van der Waals surface area contributed by atoms with Crippen molar-refractivity contribution in [3.8, 4) is 0 Å². The van der Waals surface area contributed by atoms with Crippen molar-refractivity contribution < 1.29 is 5.11 Å². The van der Waals surface area contributed by atoms with E-state index in [0.717, 1.165) is 9.13 Å². The Morgan fingerprint density at radius 1 is 1.54 bits per heavy atom. The zero-order valence-electron chi connectivity index (χ0n) is 7.00. The lowest BCUT2D eigenvalue weighted by Crippen LogP contribution is -2.12. The highest BCUT2D eigenvalue weighted by molar-refractivity contribution is 14.1. The molecule has 0 aliphatic carbocycles. The summed E-state index contributed by atoms with van der Waals surface area (Å²) in [5.74, 6) is 0. The number of benzene rings is 1. The van der Waals surface area contributed by atoms with E-state index in [-0.39, 0.29) is 12.6 Å². The first-order chi connectivity index (χ1) is 6.15. The van der Waals surface area contributed by atoms with Gasteiger partial charge >= 0.3 is 0 Å². The minimum absolute atomic E-state index is 0.0868. The number of halogens is 2. The van der Waals surface area contributed by atoms with E-state index in [1.807, 2.05) is 18.2 Å². The molecule has 13 heavy (non-hydrogen) atoms. The summed E-state index contributed by atoms with van der Waals surface area (Å²) in [5.41, 5.74) is 6.71. The number of hydrogen-bond donors (Lipinski definition) is 2. The van der Waals surface area contributed by atoms with Gasteiger partial charge < -0.3 is 10.8 Å². The number of hydrogen-bond acceptors (Lipinski definition) is 2. The van der Waals surface area contributed by atoms with E-state index in [9.17, 15) is 0 Å². The summed E-state index contributed by atoms with van der Waals surface area (Å²) < 4.78 is 1.09. The van der Waals surface area contributed by atoms with Crippen molar-refractivity contribution in [1.82, 2.24) is 0 Å². The van der Waals surface area contributed by atoms with Gasteiger partial charge in [0.15, 0.2) is 0 Å². The van der Waals surface area contributed by atoms with E-state index in [1.165, 1.54) is 0 Å². The highest BCUT2D eigenvalue weighted by atomic mass is 127. The summed E-state index contributed by atoms with van der Waals surface area (Å²) >= 11 is 8.19. The van der Waals surface area contributed by atoms with Crippen molar-refractivity contribution in [3.63, 3.8) is 0 Å². The molecule has 0 saturated heterocycles. The molecule has 1 aromatic carbocycles. The van der Waals surface area contributed by atoms with Crippen LogP contribution in [0.1, 0.15) is 18.0 Å². The van der Waals surface area contributed by atoms with Crippen LogP contribution in [0.5, 0.6) is 0 Å². The molecule has 0 saturated carbocycles. The maximum Gasteiger partial charge on any atom is 0.0464 e. The summed E-state index contributed by atoms with van der Waals surface area (Å²) in [4.78, 5) is 0. The molecule has 0 aliphatic heterocycles.